The van der Waals surface area contributed by atoms with E-state index in [2.05, 4.69) is 40.6 Å². The summed E-state index contributed by atoms with van der Waals surface area (Å²) in [5.74, 6) is -0.309. The van der Waals surface area contributed by atoms with Gasteiger partial charge in [-0.1, -0.05) is 5.16 Å². The zero-order valence-corrected chi connectivity index (χ0v) is 38.6. The molecule has 0 bridgehead atoms. The van der Waals surface area contributed by atoms with E-state index in [1.165, 1.54) is 23.4 Å². The molecule has 8 heterocycles. The Balaban J connectivity index is 0.654. The summed E-state index contributed by atoms with van der Waals surface area (Å²) in [4.78, 5) is 74.6. The number of nitrogens with two attached hydrogens (primary N) is 1. The highest BCUT2D eigenvalue weighted by molar-refractivity contribution is 6.02. The number of amides is 4. The number of anilines is 3. The molecule has 69 heavy (non-hydrogen) atoms. The van der Waals surface area contributed by atoms with Crippen LogP contribution in [-0.4, -0.2) is 151 Å². The van der Waals surface area contributed by atoms with Gasteiger partial charge in [-0.2, -0.15) is 5.10 Å². The van der Waals surface area contributed by atoms with Crippen LogP contribution in [0.2, 0.25) is 0 Å². The Hall–Kier alpha value is -7.04. The number of hydrogen-bond donors (Lipinski definition) is 3. The number of carbonyl (C=O) groups is 4. The molecule has 1 unspecified atom stereocenters. The quantitative estimate of drug-likeness (QED) is 0.150. The number of halogens is 2. The molecular weight excluding hydrogens is 899 g/mol. The first kappa shape index (κ1) is 45.7. The molecule has 1 atom stereocenters. The number of imide groups is 1. The summed E-state index contributed by atoms with van der Waals surface area (Å²) in [5.41, 5.74) is 8.12. The molecule has 1 aliphatic carbocycles. The highest BCUT2D eigenvalue weighted by Crippen LogP contribution is 2.48. The maximum Gasteiger partial charge on any atom is 0.410 e. The molecule has 1 saturated carbocycles. The number of ether oxygens (including phenoxy) is 2. The summed E-state index contributed by atoms with van der Waals surface area (Å²) >= 11 is 0. The van der Waals surface area contributed by atoms with E-state index >= 15 is 8.78 Å². The zero-order valence-electron chi connectivity index (χ0n) is 38.6. The molecule has 21 nitrogen and oxygen atoms in total. The maximum atomic E-state index is 15.2. The Morgan fingerprint density at radius 1 is 0.913 bits per heavy atom. The van der Waals surface area contributed by atoms with Crippen LogP contribution in [0.25, 0.3) is 33.8 Å². The van der Waals surface area contributed by atoms with Crippen molar-refractivity contribution in [3.05, 3.63) is 48.2 Å². The van der Waals surface area contributed by atoms with Gasteiger partial charge in [-0.3, -0.25) is 24.6 Å². The normalized spacial score (nSPS) is 19.7. The molecule has 4 aliphatic heterocycles. The number of rotatable bonds is 12. The van der Waals surface area contributed by atoms with Gasteiger partial charge in [0.25, 0.3) is 5.91 Å². The van der Waals surface area contributed by atoms with Crippen LogP contribution >= 0.6 is 0 Å². The molecular formula is C46H54F2N14O7. The Kier molecular flexibility index (Phi) is 12.2. The largest absolute Gasteiger partial charge is 0.483 e. The van der Waals surface area contributed by atoms with E-state index in [0.717, 1.165) is 32.2 Å². The lowest BCUT2D eigenvalue weighted by atomic mass is 9.96. The van der Waals surface area contributed by atoms with Crippen molar-refractivity contribution in [3.8, 4) is 28.5 Å². The van der Waals surface area contributed by atoms with Crippen LogP contribution in [0.4, 0.5) is 30.8 Å². The van der Waals surface area contributed by atoms with Gasteiger partial charge in [0.1, 0.15) is 41.4 Å². The van der Waals surface area contributed by atoms with Crippen molar-refractivity contribution in [1.29, 1.82) is 0 Å². The molecule has 4 amide bonds. The van der Waals surface area contributed by atoms with Gasteiger partial charge in [0.2, 0.25) is 11.8 Å². The molecule has 4 aromatic heterocycles. The van der Waals surface area contributed by atoms with Gasteiger partial charge < -0.3 is 39.7 Å². The molecule has 5 fully saturated rings. The molecule has 4 N–H and O–H groups in total. The first-order valence-electron chi connectivity index (χ1n) is 23.4. The minimum Gasteiger partial charge on any atom is -0.483 e. The number of nitrogens with zero attached hydrogens (tertiary/aromatic N) is 11. The zero-order chi connectivity index (χ0) is 48.1. The number of aromatic nitrogens is 7. The fourth-order valence-corrected chi connectivity index (χ4v) is 9.45. The Bertz CT molecular complexity index is 2750. The van der Waals surface area contributed by atoms with Crippen molar-refractivity contribution >= 4 is 52.0 Å². The molecule has 1 aromatic carbocycles. The predicted molar refractivity (Wildman–Crippen MR) is 245 cm³/mol. The summed E-state index contributed by atoms with van der Waals surface area (Å²) in [7, 11) is 0. The summed E-state index contributed by atoms with van der Waals surface area (Å²) in [6.45, 7) is 10.2. The second-order valence-corrected chi connectivity index (χ2v) is 19.4. The van der Waals surface area contributed by atoms with Crippen LogP contribution in [0.5, 0.6) is 5.75 Å². The van der Waals surface area contributed by atoms with E-state index in [9.17, 15) is 19.2 Å². The van der Waals surface area contributed by atoms with E-state index in [-0.39, 0.29) is 73.6 Å². The second-order valence-electron chi connectivity index (χ2n) is 19.4. The number of nitrogens with one attached hydrogen (secondary N) is 2. The van der Waals surface area contributed by atoms with Crippen molar-refractivity contribution in [3.63, 3.8) is 0 Å². The number of likely N-dealkylation sites (tertiary alicyclic amines) is 2. The topological polar surface area (TPSA) is 245 Å². The second kappa shape index (κ2) is 18.5. The van der Waals surface area contributed by atoms with Crippen molar-refractivity contribution in [2.45, 2.75) is 82.9 Å². The molecule has 5 aliphatic rings. The summed E-state index contributed by atoms with van der Waals surface area (Å²) in [5, 5.41) is 15.0. The smallest absolute Gasteiger partial charge is 0.410 e. The number of fused-ring (bicyclic) bond motifs is 1. The summed E-state index contributed by atoms with van der Waals surface area (Å²) < 4.78 is 49.6. The Morgan fingerprint density at radius 3 is 2.29 bits per heavy atom. The minimum atomic E-state index is -0.748. The lowest BCUT2D eigenvalue weighted by Crippen LogP contribution is -2.56. The lowest BCUT2D eigenvalue weighted by molar-refractivity contribution is -0.136. The van der Waals surface area contributed by atoms with Gasteiger partial charge in [-0.25, -0.2) is 38.2 Å². The molecule has 5 aromatic rings. The molecule has 0 radical (unpaired) electrons. The minimum absolute atomic E-state index is 0.101. The van der Waals surface area contributed by atoms with Gasteiger partial charge in [-0.05, 0) is 70.9 Å². The standard InChI is InChI=1S/C46H54F2N14O7/c1-46(2,3)62-43-36(41(49)52-24-53-43)37(56-62)38-35(40(69-57-38)26-4-5-26)42-50-18-28(19-51-42)68-29-21-61(22-29)45(66)67-23-34(64)59-10-8-25(9-11-59)20-58-12-14-60(15-13-58)39-30(47)16-27(17-31(39)48)54-32-6-7-33(63)55-44(32)65/h16-19,24-26,29,32,54H,4-15,20-23H2,1-3H3,(H2,49,52,53)(H,55,63,65). The Labute approximate surface area is 395 Å². The third-order valence-electron chi connectivity index (χ3n) is 13.4. The number of piperidine rings is 2. The van der Waals surface area contributed by atoms with Gasteiger partial charge in [0, 0.05) is 63.8 Å². The van der Waals surface area contributed by atoms with Crippen molar-refractivity contribution in [2.24, 2.45) is 5.92 Å². The number of hydrogen-bond acceptors (Lipinski definition) is 17. The number of piperazine rings is 1. The van der Waals surface area contributed by atoms with Crippen LogP contribution in [0, 0.1) is 17.6 Å². The number of benzene rings is 1. The van der Waals surface area contributed by atoms with Crippen LogP contribution in [0.3, 0.4) is 0 Å². The van der Waals surface area contributed by atoms with Crippen LogP contribution in [-0.2, 0) is 24.7 Å². The van der Waals surface area contributed by atoms with E-state index in [4.69, 9.17) is 24.8 Å². The van der Waals surface area contributed by atoms with Crippen molar-refractivity contribution < 1.29 is 42.0 Å². The van der Waals surface area contributed by atoms with Crippen molar-refractivity contribution in [1.82, 2.24) is 54.9 Å². The highest BCUT2D eigenvalue weighted by atomic mass is 19.1. The fraction of sp³-hybridized carbons (Fsp3) is 0.522. The lowest BCUT2D eigenvalue weighted by Gasteiger charge is -2.40. The van der Waals surface area contributed by atoms with E-state index < -0.39 is 35.2 Å². The van der Waals surface area contributed by atoms with Gasteiger partial charge in [0.05, 0.1) is 42.0 Å². The van der Waals surface area contributed by atoms with E-state index in [1.807, 2.05) is 20.8 Å². The molecule has 4 saturated heterocycles. The SMILES string of the molecule is CC(C)(C)n1nc(-c2noc(C3CC3)c2-c2ncc(OC3CN(C(=O)OCC(=O)N4CCC(CN5CCN(c6c(F)cc(NC7CCC(=O)NC7=O)cc6F)CC5)CC4)C3)cn2)c2c(N)ncnc21. The average molecular weight is 953 g/mol. The molecule has 23 heteroatoms. The molecule has 0 spiro atoms. The van der Waals surface area contributed by atoms with Crippen LogP contribution < -0.4 is 26.0 Å². The van der Waals surface area contributed by atoms with Gasteiger partial charge in [-0.15, -0.1) is 0 Å². The van der Waals surface area contributed by atoms with Crippen molar-refractivity contribution in [2.75, 3.05) is 81.5 Å². The maximum absolute atomic E-state index is 15.2. The van der Waals surface area contributed by atoms with E-state index in [0.29, 0.717) is 90.5 Å². The van der Waals surface area contributed by atoms with Gasteiger partial charge >= 0.3 is 6.09 Å². The fourth-order valence-electron chi connectivity index (χ4n) is 9.45. The third kappa shape index (κ3) is 9.55. The first-order valence-corrected chi connectivity index (χ1v) is 23.4. The third-order valence-corrected chi connectivity index (χ3v) is 13.4. The highest BCUT2D eigenvalue weighted by Gasteiger charge is 2.38. The van der Waals surface area contributed by atoms with E-state index in [1.54, 1.807) is 26.9 Å². The monoisotopic (exact) mass is 952 g/mol. The molecule has 364 valence electrons. The first-order chi connectivity index (χ1) is 33.2. The summed E-state index contributed by atoms with van der Waals surface area (Å²) in [6, 6.07) is 1.61. The Morgan fingerprint density at radius 2 is 1.62 bits per heavy atom. The van der Waals surface area contributed by atoms with Gasteiger partial charge in [0.15, 0.2) is 41.2 Å². The number of carbonyl (C=O) groups excluding carboxylic acids is 4. The average Bonchev–Trinajstić information content (AvgIpc) is 3.92. The van der Waals surface area contributed by atoms with Crippen LogP contribution in [0.15, 0.2) is 35.4 Å². The predicted octanol–water partition coefficient (Wildman–Crippen LogP) is 3.91. The summed E-state index contributed by atoms with van der Waals surface area (Å²) in [6.07, 6.45) is 7.51. The molecule has 10 rings (SSSR count). The number of nitrogen functional groups attached to an aromatic ring is 1. The van der Waals surface area contributed by atoms with Crippen LogP contribution in [0.1, 0.15) is 71.0 Å².